The van der Waals surface area contributed by atoms with E-state index in [1.807, 2.05) is 18.4 Å². The molecule has 2 atom stereocenters. The summed E-state index contributed by atoms with van der Waals surface area (Å²) in [5.41, 5.74) is 3.97. The van der Waals surface area contributed by atoms with Gasteiger partial charge in [-0.25, -0.2) is 9.97 Å². The van der Waals surface area contributed by atoms with Crippen molar-refractivity contribution in [3.05, 3.63) is 39.2 Å². The maximum atomic E-state index is 12.9. The first kappa shape index (κ1) is 18.7. The molecule has 0 saturated carbocycles. The molecule has 3 aromatic heterocycles. The van der Waals surface area contributed by atoms with E-state index in [1.165, 1.54) is 5.56 Å². The predicted molar refractivity (Wildman–Crippen MR) is 115 cm³/mol. The molecule has 1 N–H and O–H groups in total. The van der Waals surface area contributed by atoms with Crippen molar-refractivity contribution in [3.63, 3.8) is 0 Å². The van der Waals surface area contributed by atoms with Crippen molar-refractivity contribution in [1.82, 2.24) is 29.5 Å². The van der Waals surface area contributed by atoms with Gasteiger partial charge in [-0.05, 0) is 39.5 Å². The molecule has 3 aromatic rings. The monoisotopic (exact) mass is 422 g/mol. The number of anilines is 2. The van der Waals surface area contributed by atoms with E-state index in [4.69, 9.17) is 14.7 Å². The summed E-state index contributed by atoms with van der Waals surface area (Å²) in [6.07, 6.45) is 5.48. The quantitative estimate of drug-likeness (QED) is 0.649. The van der Waals surface area contributed by atoms with Crippen LogP contribution in [0.2, 0.25) is 0 Å². The number of aromatic amines is 1. The average molecular weight is 422 g/mol. The number of nitrogens with one attached hydrogen (secondary N) is 1. The molecule has 162 valence electrons. The first-order chi connectivity index (χ1) is 15.1. The smallest absolute Gasteiger partial charge is 0.255 e. The Morgan fingerprint density at radius 1 is 1.03 bits per heavy atom. The number of morpholine rings is 1. The molecule has 1 fully saturated rings. The summed E-state index contributed by atoms with van der Waals surface area (Å²) in [4.78, 5) is 34.2. The fraction of sp³-hybridized carbons (Fsp3) is 0.571. The summed E-state index contributed by atoms with van der Waals surface area (Å²) >= 11 is 0. The van der Waals surface area contributed by atoms with Gasteiger partial charge in [-0.3, -0.25) is 9.78 Å². The van der Waals surface area contributed by atoms with Crippen LogP contribution in [0.4, 0.5) is 11.8 Å². The number of H-pyrrole nitrogens is 1. The van der Waals surface area contributed by atoms with Crippen LogP contribution in [0.3, 0.4) is 0 Å². The molecule has 0 amide bonds. The van der Waals surface area contributed by atoms with Crippen molar-refractivity contribution in [2.24, 2.45) is 0 Å². The van der Waals surface area contributed by atoms with Gasteiger partial charge in [0.1, 0.15) is 12.1 Å². The van der Waals surface area contributed by atoms with Crippen LogP contribution in [0.5, 0.6) is 0 Å². The summed E-state index contributed by atoms with van der Waals surface area (Å²) in [5, 5.41) is 4.44. The fourth-order valence-electron chi connectivity index (χ4n) is 5.23. The van der Waals surface area contributed by atoms with E-state index < -0.39 is 0 Å². The van der Waals surface area contributed by atoms with Gasteiger partial charge in [0.15, 0.2) is 0 Å². The fourth-order valence-corrected chi connectivity index (χ4v) is 5.23. The van der Waals surface area contributed by atoms with Crippen molar-refractivity contribution in [2.75, 3.05) is 29.4 Å². The minimum atomic E-state index is -0.0303. The standard InChI is InChI=1S/C21H26N8O2/c1-12-8-28(9-13(2)31-12)21-25-17-10-27(7-6-14(17)18(30)26-21)19-15-4-3-5-16(15)24-20-22-11-23-29(19)20/h11-13H,3-10H2,1-2H3,(H,25,26,30)/t12-,13-/m1/s1. The number of hydrogen-bond donors (Lipinski definition) is 1. The second-order valence-corrected chi connectivity index (χ2v) is 8.83. The van der Waals surface area contributed by atoms with Gasteiger partial charge in [-0.2, -0.15) is 14.6 Å². The Morgan fingerprint density at radius 2 is 1.87 bits per heavy atom. The molecule has 6 rings (SSSR count). The van der Waals surface area contributed by atoms with Crippen molar-refractivity contribution in [2.45, 2.75) is 58.3 Å². The zero-order chi connectivity index (χ0) is 21.1. The summed E-state index contributed by atoms with van der Waals surface area (Å²) in [5.74, 6) is 2.33. The number of fused-ring (bicyclic) bond motifs is 3. The third kappa shape index (κ3) is 3.08. The molecule has 1 aliphatic carbocycles. The topological polar surface area (TPSA) is 105 Å². The minimum Gasteiger partial charge on any atom is -0.372 e. The van der Waals surface area contributed by atoms with Crippen molar-refractivity contribution in [1.29, 1.82) is 0 Å². The Bertz CT molecular complexity index is 1210. The molecular weight excluding hydrogens is 396 g/mol. The van der Waals surface area contributed by atoms with Gasteiger partial charge in [0, 0.05) is 30.8 Å². The molecule has 10 heteroatoms. The molecule has 1 saturated heterocycles. The van der Waals surface area contributed by atoms with Crippen molar-refractivity contribution >= 4 is 17.5 Å². The van der Waals surface area contributed by atoms with E-state index in [0.29, 0.717) is 37.8 Å². The summed E-state index contributed by atoms with van der Waals surface area (Å²) in [6.45, 7) is 6.85. The first-order valence-electron chi connectivity index (χ1n) is 11.1. The highest BCUT2D eigenvalue weighted by atomic mass is 16.5. The molecule has 0 bridgehead atoms. The Morgan fingerprint density at radius 3 is 2.71 bits per heavy atom. The number of aryl methyl sites for hydroxylation is 1. The number of hydrogen-bond acceptors (Lipinski definition) is 8. The molecule has 0 unspecified atom stereocenters. The lowest BCUT2D eigenvalue weighted by molar-refractivity contribution is -0.00575. The maximum absolute atomic E-state index is 12.9. The molecule has 3 aliphatic rings. The number of aromatic nitrogens is 6. The third-order valence-electron chi connectivity index (χ3n) is 6.50. The van der Waals surface area contributed by atoms with E-state index >= 15 is 0 Å². The van der Waals surface area contributed by atoms with E-state index in [9.17, 15) is 4.79 Å². The van der Waals surface area contributed by atoms with Crippen LogP contribution >= 0.6 is 0 Å². The summed E-state index contributed by atoms with van der Waals surface area (Å²) < 4.78 is 7.68. The first-order valence-corrected chi connectivity index (χ1v) is 11.1. The lowest BCUT2D eigenvalue weighted by Gasteiger charge is -2.36. The van der Waals surface area contributed by atoms with Gasteiger partial charge in [-0.1, -0.05) is 0 Å². The maximum Gasteiger partial charge on any atom is 0.255 e. The SMILES string of the molecule is C[C@@H]1CN(c2nc3c(c(=O)[nH]2)CCN(c2c4c(nc5ncnn25)CCC4)C3)C[C@@H](C)O1. The zero-order valence-corrected chi connectivity index (χ0v) is 17.8. The van der Waals surface area contributed by atoms with Crippen LogP contribution in [0.25, 0.3) is 5.78 Å². The van der Waals surface area contributed by atoms with Crippen molar-refractivity contribution in [3.8, 4) is 0 Å². The van der Waals surface area contributed by atoms with Crippen LogP contribution in [0.1, 0.15) is 42.8 Å². The van der Waals surface area contributed by atoms with E-state index in [2.05, 4.69) is 24.9 Å². The molecule has 5 heterocycles. The van der Waals surface area contributed by atoms with Gasteiger partial charge >= 0.3 is 0 Å². The number of nitrogens with zero attached hydrogens (tertiary/aromatic N) is 7. The zero-order valence-electron chi connectivity index (χ0n) is 17.8. The number of ether oxygens (including phenoxy) is 1. The Hall–Kier alpha value is -3.01. The predicted octanol–water partition coefficient (Wildman–Crippen LogP) is 0.873. The van der Waals surface area contributed by atoms with Crippen LogP contribution in [0.15, 0.2) is 11.1 Å². The molecule has 10 nitrogen and oxygen atoms in total. The molecule has 0 radical (unpaired) electrons. The molecule has 0 spiro atoms. The highest BCUT2D eigenvalue weighted by Crippen LogP contribution is 2.33. The molecule has 0 aromatic carbocycles. The Labute approximate surface area is 179 Å². The van der Waals surface area contributed by atoms with E-state index in [1.54, 1.807) is 6.33 Å². The van der Waals surface area contributed by atoms with Crippen LogP contribution < -0.4 is 15.4 Å². The van der Waals surface area contributed by atoms with Gasteiger partial charge in [0.25, 0.3) is 11.3 Å². The number of rotatable bonds is 2. The van der Waals surface area contributed by atoms with Crippen LogP contribution in [0, 0.1) is 0 Å². The Balaban J connectivity index is 1.39. The lowest BCUT2D eigenvalue weighted by Crippen LogP contribution is -2.47. The Kier molecular flexibility index (Phi) is 4.24. The normalized spacial score (nSPS) is 23.3. The van der Waals surface area contributed by atoms with E-state index in [-0.39, 0.29) is 17.8 Å². The summed E-state index contributed by atoms with van der Waals surface area (Å²) in [7, 11) is 0. The minimum absolute atomic E-state index is 0.0303. The highest BCUT2D eigenvalue weighted by Gasteiger charge is 2.30. The molecule has 31 heavy (non-hydrogen) atoms. The third-order valence-corrected chi connectivity index (χ3v) is 6.50. The van der Waals surface area contributed by atoms with Crippen LogP contribution in [-0.2, 0) is 30.5 Å². The molecular formula is C21H26N8O2. The van der Waals surface area contributed by atoms with Crippen molar-refractivity contribution < 1.29 is 4.74 Å². The van der Waals surface area contributed by atoms with Crippen LogP contribution in [-0.4, -0.2) is 61.4 Å². The van der Waals surface area contributed by atoms with E-state index in [0.717, 1.165) is 48.6 Å². The van der Waals surface area contributed by atoms with Gasteiger partial charge in [0.05, 0.1) is 30.1 Å². The second kappa shape index (κ2) is 7.01. The summed E-state index contributed by atoms with van der Waals surface area (Å²) in [6, 6.07) is 0. The van der Waals surface area contributed by atoms with Gasteiger partial charge < -0.3 is 14.5 Å². The second-order valence-electron chi connectivity index (χ2n) is 8.83. The van der Waals surface area contributed by atoms with Gasteiger partial charge in [0.2, 0.25) is 5.95 Å². The van der Waals surface area contributed by atoms with Gasteiger partial charge in [-0.15, -0.1) is 0 Å². The lowest BCUT2D eigenvalue weighted by atomic mass is 10.1. The average Bonchev–Trinajstić information content (AvgIpc) is 3.39. The highest BCUT2D eigenvalue weighted by molar-refractivity contribution is 5.57. The largest absolute Gasteiger partial charge is 0.372 e. The molecule has 2 aliphatic heterocycles.